The Morgan fingerprint density at radius 1 is 0.400 bits per heavy atom. The molecule has 0 bridgehead atoms. The molecule has 0 amide bonds. The van der Waals surface area contributed by atoms with Crippen LogP contribution >= 0.6 is 11.3 Å². The van der Waals surface area contributed by atoms with E-state index in [1.54, 1.807) is 0 Å². The average molecular weight is 528 g/mol. The minimum absolute atomic E-state index is 1.14. The Morgan fingerprint density at radius 3 is 1.90 bits per heavy atom. The van der Waals surface area contributed by atoms with Gasteiger partial charge in [-0.25, -0.2) is 0 Å². The number of hydrogen-bond donors (Lipinski definition) is 0. The summed E-state index contributed by atoms with van der Waals surface area (Å²) in [5, 5.41) is 7.60. The zero-order chi connectivity index (χ0) is 26.5. The second-order valence-electron chi connectivity index (χ2n) is 10.2. The Bertz CT molecular complexity index is 2180. The number of nitrogens with zero attached hydrogens (tertiary/aromatic N) is 1. The highest BCUT2D eigenvalue weighted by molar-refractivity contribution is 7.25. The molecule has 0 saturated heterocycles. The number of benzene rings is 7. The maximum atomic E-state index is 2.42. The number of rotatable bonds is 4. The van der Waals surface area contributed by atoms with Gasteiger partial charge in [0.2, 0.25) is 0 Å². The Hall–Kier alpha value is -4.92. The molecule has 7 aromatic carbocycles. The molecule has 0 saturated carbocycles. The van der Waals surface area contributed by atoms with Crippen molar-refractivity contribution < 1.29 is 0 Å². The molecule has 0 aliphatic rings. The zero-order valence-electron chi connectivity index (χ0n) is 21.8. The molecule has 8 rings (SSSR count). The molecular formula is C38H25NS. The van der Waals surface area contributed by atoms with Crippen LogP contribution in [-0.4, -0.2) is 0 Å². The van der Waals surface area contributed by atoms with Gasteiger partial charge in [0, 0.05) is 36.9 Å². The summed E-state index contributed by atoms with van der Waals surface area (Å²) in [5.74, 6) is 0. The number of hydrogen-bond acceptors (Lipinski definition) is 2. The third kappa shape index (κ3) is 3.77. The summed E-state index contributed by atoms with van der Waals surface area (Å²) in [7, 11) is 0. The zero-order valence-corrected chi connectivity index (χ0v) is 22.6. The van der Waals surface area contributed by atoms with Gasteiger partial charge in [0.05, 0.1) is 5.69 Å². The van der Waals surface area contributed by atoms with Crippen LogP contribution in [0.2, 0.25) is 0 Å². The predicted molar refractivity (Wildman–Crippen MR) is 174 cm³/mol. The summed E-state index contributed by atoms with van der Waals surface area (Å²) in [4.78, 5) is 2.42. The van der Waals surface area contributed by atoms with E-state index in [-0.39, 0.29) is 0 Å². The highest BCUT2D eigenvalue weighted by Crippen LogP contribution is 2.43. The summed E-state index contributed by atoms with van der Waals surface area (Å²) in [6.45, 7) is 0. The minimum Gasteiger partial charge on any atom is -0.310 e. The fraction of sp³-hybridized carbons (Fsp3) is 0. The van der Waals surface area contributed by atoms with Gasteiger partial charge in [-0.2, -0.15) is 0 Å². The van der Waals surface area contributed by atoms with Crippen molar-refractivity contribution in [2.24, 2.45) is 0 Å². The lowest BCUT2D eigenvalue weighted by Gasteiger charge is -2.27. The van der Waals surface area contributed by atoms with Crippen LogP contribution in [0, 0.1) is 0 Å². The SMILES string of the molecule is c1cc(-c2cccc3ccccc23)cc(N(c2ccc3sc4ccccc4c3c2)c2cccc3ccccc23)c1. The maximum absolute atomic E-state index is 2.42. The standard InChI is InChI=1S/C38H25NS/c1-3-16-31-26(10-1)12-8-19-32(31)28-14-7-15-29(24-28)39(36-20-9-13-27-11-2-4-17-33(27)36)30-22-23-38-35(25-30)34-18-5-6-21-37(34)40-38/h1-25H. The molecule has 0 radical (unpaired) electrons. The summed E-state index contributed by atoms with van der Waals surface area (Å²) in [6.07, 6.45) is 0. The van der Waals surface area contributed by atoms with Gasteiger partial charge in [0.25, 0.3) is 0 Å². The van der Waals surface area contributed by atoms with E-state index in [0.29, 0.717) is 0 Å². The first-order valence-electron chi connectivity index (χ1n) is 13.6. The predicted octanol–water partition coefficient (Wildman–Crippen LogP) is 11.5. The van der Waals surface area contributed by atoms with Crippen molar-refractivity contribution in [1.29, 1.82) is 0 Å². The van der Waals surface area contributed by atoms with E-state index in [1.165, 1.54) is 58.5 Å². The number of anilines is 3. The first-order valence-corrected chi connectivity index (χ1v) is 14.4. The van der Waals surface area contributed by atoms with Crippen LogP contribution in [0.3, 0.4) is 0 Å². The summed E-state index contributed by atoms with van der Waals surface area (Å²) >= 11 is 1.86. The van der Waals surface area contributed by atoms with Crippen molar-refractivity contribution in [3.05, 3.63) is 152 Å². The lowest BCUT2D eigenvalue weighted by molar-refractivity contribution is 1.30. The van der Waals surface area contributed by atoms with Crippen LogP contribution in [0.1, 0.15) is 0 Å². The van der Waals surface area contributed by atoms with E-state index < -0.39 is 0 Å². The van der Waals surface area contributed by atoms with E-state index in [9.17, 15) is 0 Å². The van der Waals surface area contributed by atoms with Crippen molar-refractivity contribution >= 4 is 70.1 Å². The smallest absolute Gasteiger partial charge is 0.0540 e. The molecule has 1 nitrogen and oxygen atoms in total. The van der Waals surface area contributed by atoms with Gasteiger partial charge in [-0.1, -0.05) is 109 Å². The topological polar surface area (TPSA) is 3.24 Å². The van der Waals surface area contributed by atoms with Gasteiger partial charge in [0.1, 0.15) is 0 Å². The molecule has 0 unspecified atom stereocenters. The van der Waals surface area contributed by atoms with Gasteiger partial charge in [0.15, 0.2) is 0 Å². The Kier molecular flexibility index (Phi) is 5.39. The molecule has 1 heterocycles. The highest BCUT2D eigenvalue weighted by Gasteiger charge is 2.18. The van der Waals surface area contributed by atoms with E-state index in [4.69, 9.17) is 0 Å². The van der Waals surface area contributed by atoms with E-state index in [1.807, 2.05) is 11.3 Å². The van der Waals surface area contributed by atoms with E-state index in [0.717, 1.165) is 11.4 Å². The first kappa shape index (κ1) is 23.0. The highest BCUT2D eigenvalue weighted by atomic mass is 32.1. The van der Waals surface area contributed by atoms with Gasteiger partial charge >= 0.3 is 0 Å². The molecule has 40 heavy (non-hydrogen) atoms. The lowest BCUT2D eigenvalue weighted by atomic mass is 9.97. The molecule has 2 heteroatoms. The number of thiophene rings is 1. The molecule has 0 fully saturated rings. The quantitative estimate of drug-likeness (QED) is 0.220. The second-order valence-corrected chi connectivity index (χ2v) is 11.3. The molecule has 0 aliphatic heterocycles. The van der Waals surface area contributed by atoms with Crippen LogP contribution in [0.5, 0.6) is 0 Å². The summed E-state index contributed by atoms with van der Waals surface area (Å²) in [6, 6.07) is 55.1. The van der Waals surface area contributed by atoms with Crippen LogP contribution in [0.4, 0.5) is 17.1 Å². The van der Waals surface area contributed by atoms with Crippen LogP contribution in [-0.2, 0) is 0 Å². The van der Waals surface area contributed by atoms with Crippen molar-refractivity contribution in [1.82, 2.24) is 0 Å². The van der Waals surface area contributed by atoms with Crippen LogP contribution in [0.25, 0.3) is 52.8 Å². The first-order chi connectivity index (χ1) is 19.8. The van der Waals surface area contributed by atoms with Gasteiger partial charge in [-0.05, 0) is 69.8 Å². The van der Waals surface area contributed by atoms with Gasteiger partial charge < -0.3 is 4.90 Å². The monoisotopic (exact) mass is 527 g/mol. The summed E-state index contributed by atoms with van der Waals surface area (Å²) in [5.41, 5.74) is 5.92. The third-order valence-corrected chi connectivity index (χ3v) is 8.98. The third-order valence-electron chi connectivity index (χ3n) is 7.83. The average Bonchev–Trinajstić information content (AvgIpc) is 3.39. The summed E-state index contributed by atoms with van der Waals surface area (Å²) < 4.78 is 2.64. The molecular weight excluding hydrogens is 502 g/mol. The molecule has 0 aliphatic carbocycles. The Labute approximate surface area is 237 Å². The van der Waals surface area contributed by atoms with Crippen molar-refractivity contribution in [3.63, 3.8) is 0 Å². The largest absolute Gasteiger partial charge is 0.310 e. The molecule has 1 aromatic heterocycles. The molecule has 8 aromatic rings. The lowest BCUT2D eigenvalue weighted by Crippen LogP contribution is -2.10. The van der Waals surface area contributed by atoms with Gasteiger partial charge in [-0.3, -0.25) is 0 Å². The Morgan fingerprint density at radius 2 is 1.02 bits per heavy atom. The maximum Gasteiger partial charge on any atom is 0.0540 e. The molecule has 0 atom stereocenters. The van der Waals surface area contributed by atoms with Crippen molar-refractivity contribution in [2.45, 2.75) is 0 Å². The van der Waals surface area contributed by atoms with Crippen LogP contribution in [0.15, 0.2) is 152 Å². The molecule has 0 N–H and O–H groups in total. The molecule has 0 spiro atoms. The normalized spacial score (nSPS) is 11.5. The fourth-order valence-corrected chi connectivity index (χ4v) is 7.06. The number of fused-ring (bicyclic) bond motifs is 5. The minimum atomic E-state index is 1.14. The van der Waals surface area contributed by atoms with Crippen molar-refractivity contribution in [2.75, 3.05) is 4.90 Å². The van der Waals surface area contributed by atoms with Crippen LogP contribution < -0.4 is 4.90 Å². The van der Waals surface area contributed by atoms with E-state index in [2.05, 4.69) is 157 Å². The molecule has 188 valence electrons. The fourth-order valence-electron chi connectivity index (χ4n) is 5.97. The van der Waals surface area contributed by atoms with Crippen molar-refractivity contribution in [3.8, 4) is 11.1 Å². The Balaban J connectivity index is 1.38. The second kappa shape index (κ2) is 9.37. The van der Waals surface area contributed by atoms with Gasteiger partial charge in [-0.15, -0.1) is 11.3 Å². The van der Waals surface area contributed by atoms with E-state index >= 15 is 0 Å².